The van der Waals surface area contributed by atoms with Crippen LogP contribution in [0.5, 0.6) is 0 Å². The Bertz CT molecular complexity index is 1830. The minimum atomic E-state index is -2.06. The molecule has 4 N–H and O–H groups in total. The van der Waals surface area contributed by atoms with Crippen LogP contribution in [0.1, 0.15) is 100 Å². The maximum Gasteiger partial charge on any atom is 0.331 e. The normalized spacial score (nSPS) is 41.1. The van der Waals surface area contributed by atoms with E-state index in [0.29, 0.717) is 12.0 Å². The molecule has 66 heavy (non-hydrogen) atoms. The fourth-order valence-corrected chi connectivity index (χ4v) is 9.69. The first-order valence-corrected chi connectivity index (χ1v) is 22.8. The molecule has 19 heteroatoms. The third-order valence-electron chi connectivity index (χ3n) is 13.9. The number of benzene rings is 1. The van der Waals surface area contributed by atoms with Gasteiger partial charge in [-0.2, -0.15) is 0 Å². The molecule has 0 unspecified atom stereocenters. The number of esters is 2. The van der Waals surface area contributed by atoms with Gasteiger partial charge in [0.05, 0.1) is 52.9 Å². The number of aliphatic hydroxyl groups is 3. The molecule has 374 valence electrons. The van der Waals surface area contributed by atoms with Crippen LogP contribution < -0.4 is 5.32 Å². The zero-order valence-corrected chi connectivity index (χ0v) is 41.0. The molecule has 1 amide bonds. The Morgan fingerprint density at radius 2 is 1.55 bits per heavy atom. The maximum absolute atomic E-state index is 14.5. The van der Waals surface area contributed by atoms with Crippen molar-refractivity contribution in [2.75, 3.05) is 28.3 Å². The van der Waals surface area contributed by atoms with Crippen molar-refractivity contribution in [2.45, 2.75) is 185 Å². The Kier molecular flexibility index (Phi) is 18.9. The third-order valence-corrected chi connectivity index (χ3v) is 13.9. The van der Waals surface area contributed by atoms with Crippen LogP contribution in [0, 0.1) is 27.9 Å². The first-order chi connectivity index (χ1) is 30.7. The number of ether oxygens (including phenoxy) is 8. The number of hydrogen-bond acceptors (Lipinski definition) is 17. The Morgan fingerprint density at radius 1 is 0.939 bits per heavy atom. The van der Waals surface area contributed by atoms with E-state index in [1.165, 1.54) is 64.5 Å². The van der Waals surface area contributed by atoms with Gasteiger partial charge in [0, 0.05) is 56.9 Å². The summed E-state index contributed by atoms with van der Waals surface area (Å²) < 4.78 is 50.8. The number of likely N-dealkylation sites (N-methyl/N-ethyl adjacent to an activating group) is 1. The maximum atomic E-state index is 14.5. The number of rotatable bonds is 12. The molecule has 0 radical (unpaired) electrons. The van der Waals surface area contributed by atoms with Gasteiger partial charge in [-0.25, -0.2) is 4.79 Å². The fraction of sp³-hybridized carbons (Fsp3) is 0.766. The Morgan fingerprint density at radius 3 is 2.11 bits per heavy atom. The molecule has 3 saturated heterocycles. The summed E-state index contributed by atoms with van der Waals surface area (Å²) in [7, 11) is 6.68. The second kappa shape index (κ2) is 22.7. The SMILES string of the molecule is CC[C@H]1OC(=O)[C@H](C)[C@@H](O[C@H]2C[C@@](C)(OC)[C@@H](OC(=O)/C=C/c3ccc([N+](=O)[O-])cc3)[C@H](C)O2)[C@H](C)[C@@H](O[C@@H]2O[C@H](C)C[C@H](N(C)C)[C@H]2O)[C@](C)(OC)C[C@@H](C)NC(=O)[C@H](C)[C@@H](O)[C@]1(C)O. The van der Waals surface area contributed by atoms with Crippen molar-refractivity contribution in [1.82, 2.24) is 10.2 Å². The quantitative estimate of drug-likeness (QED) is 0.100. The average Bonchev–Trinajstić information content (AvgIpc) is 3.26. The summed E-state index contributed by atoms with van der Waals surface area (Å²) in [5, 5.41) is 49.0. The van der Waals surface area contributed by atoms with Gasteiger partial charge in [-0.05, 0) is 106 Å². The molecule has 0 aliphatic carbocycles. The predicted molar refractivity (Wildman–Crippen MR) is 240 cm³/mol. The van der Waals surface area contributed by atoms with E-state index in [2.05, 4.69) is 5.32 Å². The van der Waals surface area contributed by atoms with E-state index >= 15 is 0 Å². The summed E-state index contributed by atoms with van der Waals surface area (Å²) in [5.41, 5.74) is -4.09. The van der Waals surface area contributed by atoms with E-state index in [4.69, 9.17) is 37.9 Å². The standard InChI is InChI=1S/C47H75N3O16/c1-15-34-47(10,56)39(53)29(6)42(54)48-25(2)23-45(8,59-13)40(66-44-37(52)33(49(11)12)22-26(3)61-44)27(4)38(28(5)43(55)63-34)65-36-24-46(9,60-14)41(30(7)62-36)64-35(51)21-18-31-16-19-32(20-17-31)50(57)58/h16-21,25-30,33-34,36-41,44,52-53,56H,15,22-24H2,1-14H3,(H,48,54)/b21-18+/t25-,26-,27+,28-,29-,30+,33+,34-,36+,37-,38+,39-,40-,41+,44+,45-,46-,47-/m1/s1. The van der Waals surface area contributed by atoms with Gasteiger partial charge in [-0.1, -0.05) is 20.8 Å². The molecular weight excluding hydrogens is 863 g/mol. The van der Waals surface area contributed by atoms with E-state index in [1.807, 2.05) is 32.8 Å². The highest BCUT2D eigenvalue weighted by Crippen LogP contribution is 2.41. The number of nitro benzene ring substituents is 1. The number of cyclic esters (lactones) is 1. The lowest BCUT2D eigenvalue weighted by Crippen LogP contribution is -2.61. The minimum Gasteiger partial charge on any atom is -0.459 e. The highest BCUT2D eigenvalue weighted by molar-refractivity contribution is 5.87. The van der Waals surface area contributed by atoms with Crippen LogP contribution in [0.3, 0.4) is 0 Å². The summed E-state index contributed by atoms with van der Waals surface area (Å²) >= 11 is 0. The lowest BCUT2D eigenvalue weighted by Gasteiger charge is -2.49. The fourth-order valence-electron chi connectivity index (χ4n) is 9.69. The smallest absolute Gasteiger partial charge is 0.331 e. The van der Waals surface area contributed by atoms with Gasteiger partial charge < -0.3 is 63.4 Å². The Hall–Kier alpha value is -3.63. The molecule has 1 aromatic rings. The van der Waals surface area contributed by atoms with Crippen molar-refractivity contribution in [3.05, 3.63) is 46.0 Å². The molecule has 0 aromatic heterocycles. The van der Waals surface area contributed by atoms with Gasteiger partial charge in [0.25, 0.3) is 5.69 Å². The summed E-state index contributed by atoms with van der Waals surface area (Å²) in [6.45, 7) is 16.8. The molecule has 4 rings (SSSR count). The van der Waals surface area contributed by atoms with Crippen molar-refractivity contribution < 1.29 is 72.5 Å². The van der Waals surface area contributed by atoms with Crippen molar-refractivity contribution in [1.29, 1.82) is 0 Å². The van der Waals surface area contributed by atoms with Gasteiger partial charge in [-0.15, -0.1) is 0 Å². The number of carbonyl (C=O) groups is 3. The summed E-state index contributed by atoms with van der Waals surface area (Å²) in [6, 6.07) is 4.73. The number of hydrogen-bond donors (Lipinski definition) is 4. The zero-order valence-electron chi connectivity index (χ0n) is 41.0. The number of nitrogens with zero attached hydrogens (tertiary/aromatic N) is 2. The number of amides is 1. The monoisotopic (exact) mass is 938 g/mol. The summed E-state index contributed by atoms with van der Waals surface area (Å²) in [5.74, 6) is -5.11. The number of nitro groups is 1. The summed E-state index contributed by atoms with van der Waals surface area (Å²) in [6.07, 6.45) is -7.08. The second-order valence-electron chi connectivity index (χ2n) is 19.3. The lowest BCUT2D eigenvalue weighted by atomic mass is 9.78. The van der Waals surface area contributed by atoms with Crippen LogP contribution in [0.4, 0.5) is 5.69 Å². The lowest BCUT2D eigenvalue weighted by molar-refractivity contribution is -0.384. The van der Waals surface area contributed by atoms with Crippen LogP contribution in [-0.4, -0.2) is 162 Å². The van der Waals surface area contributed by atoms with E-state index in [0.717, 1.165) is 0 Å². The van der Waals surface area contributed by atoms with Crippen LogP contribution in [0.25, 0.3) is 6.08 Å². The highest BCUT2D eigenvalue weighted by atomic mass is 16.7. The topological polar surface area (TPSA) is 244 Å². The first kappa shape index (κ1) is 55.0. The molecule has 18 atom stereocenters. The molecule has 1 aromatic carbocycles. The molecule has 0 spiro atoms. The molecule has 0 saturated carbocycles. The Balaban J connectivity index is 1.77. The second-order valence-corrected chi connectivity index (χ2v) is 19.3. The van der Waals surface area contributed by atoms with Crippen molar-refractivity contribution in [3.63, 3.8) is 0 Å². The number of non-ortho nitro benzene ring substituents is 1. The molecule has 3 aliphatic rings. The number of aliphatic hydroxyl groups excluding tert-OH is 2. The van der Waals surface area contributed by atoms with Gasteiger partial charge in [0.1, 0.15) is 23.4 Å². The Labute approximate surface area is 388 Å². The molecule has 3 fully saturated rings. The first-order valence-electron chi connectivity index (χ1n) is 22.8. The van der Waals surface area contributed by atoms with Crippen LogP contribution in [0.15, 0.2) is 30.3 Å². The molecular formula is C47H75N3O16. The molecule has 3 aliphatic heterocycles. The number of nitrogens with one attached hydrogen (secondary N) is 1. The summed E-state index contributed by atoms with van der Waals surface area (Å²) in [4.78, 5) is 53.9. The largest absolute Gasteiger partial charge is 0.459 e. The van der Waals surface area contributed by atoms with Gasteiger partial charge in [0.15, 0.2) is 18.7 Å². The number of carbonyl (C=O) groups excluding carboxylic acids is 3. The molecule has 0 bridgehead atoms. The van der Waals surface area contributed by atoms with Crippen LogP contribution in [-0.2, 0) is 52.3 Å². The van der Waals surface area contributed by atoms with E-state index in [1.54, 1.807) is 41.5 Å². The van der Waals surface area contributed by atoms with E-state index < -0.39 is 119 Å². The minimum absolute atomic E-state index is 0.00182. The molecule has 3 heterocycles. The van der Waals surface area contributed by atoms with E-state index in [9.17, 15) is 39.8 Å². The van der Waals surface area contributed by atoms with Crippen LogP contribution >= 0.6 is 0 Å². The van der Waals surface area contributed by atoms with Gasteiger partial charge in [-0.3, -0.25) is 19.7 Å². The van der Waals surface area contributed by atoms with Crippen molar-refractivity contribution in [3.8, 4) is 0 Å². The van der Waals surface area contributed by atoms with Crippen LogP contribution in [0.2, 0.25) is 0 Å². The van der Waals surface area contributed by atoms with Crippen molar-refractivity contribution in [2.24, 2.45) is 17.8 Å². The third kappa shape index (κ3) is 12.7. The zero-order chi connectivity index (χ0) is 49.6. The van der Waals surface area contributed by atoms with Crippen molar-refractivity contribution >= 4 is 29.6 Å². The highest BCUT2D eigenvalue weighted by Gasteiger charge is 2.54. The van der Waals surface area contributed by atoms with E-state index in [-0.39, 0.29) is 37.1 Å². The van der Waals surface area contributed by atoms with Gasteiger partial charge >= 0.3 is 11.9 Å². The van der Waals surface area contributed by atoms with Gasteiger partial charge in [0.2, 0.25) is 5.91 Å². The molecule has 19 nitrogen and oxygen atoms in total. The average molecular weight is 938 g/mol. The predicted octanol–water partition coefficient (Wildman–Crippen LogP) is 3.91. The number of methoxy groups -OCH3 is 2.